The fourth-order valence-electron chi connectivity index (χ4n) is 2.14. The molecule has 0 radical (unpaired) electrons. The van der Waals surface area contributed by atoms with E-state index in [1.54, 1.807) is 11.1 Å². The van der Waals surface area contributed by atoms with Crippen LogP contribution in [0.15, 0.2) is 22.8 Å². The average Bonchev–Trinajstić information content (AvgIpc) is 2.87. The smallest absolute Gasteiger partial charge is 0.410 e. The molecule has 1 fully saturated rings. The predicted octanol–water partition coefficient (Wildman–Crippen LogP) is 3.37. The molecule has 0 aromatic carbocycles. The quantitative estimate of drug-likeness (QED) is 0.832. The molecule has 0 unspecified atom stereocenters. The van der Waals surface area contributed by atoms with Crippen molar-refractivity contribution in [2.75, 3.05) is 13.2 Å². The topological polar surface area (TPSA) is 51.7 Å². The minimum absolute atomic E-state index is 0.0423. The number of carbonyl (C=O) groups is 1. The van der Waals surface area contributed by atoms with E-state index in [1.807, 2.05) is 32.9 Å². The van der Waals surface area contributed by atoms with E-state index in [9.17, 15) is 4.79 Å². The maximum atomic E-state index is 12.4. The van der Waals surface area contributed by atoms with Crippen LogP contribution in [-0.4, -0.2) is 40.8 Å². The number of ether oxygens (including phenoxy) is 2. The second-order valence-corrected chi connectivity index (χ2v) is 7.01. The van der Waals surface area contributed by atoms with Crippen molar-refractivity contribution in [2.45, 2.75) is 45.4 Å². The van der Waals surface area contributed by atoms with E-state index in [0.29, 0.717) is 19.8 Å². The first-order valence-corrected chi connectivity index (χ1v) is 7.82. The highest BCUT2D eigenvalue weighted by molar-refractivity contribution is 9.10. The van der Waals surface area contributed by atoms with Crippen LogP contribution in [0.4, 0.5) is 4.79 Å². The van der Waals surface area contributed by atoms with Gasteiger partial charge in [-0.05, 0) is 39.3 Å². The lowest BCUT2D eigenvalue weighted by Gasteiger charge is -2.30. The number of aromatic nitrogens is 1. The molecule has 0 bridgehead atoms. The summed E-state index contributed by atoms with van der Waals surface area (Å²) in [5, 5.41) is 0. The Kier molecular flexibility index (Phi) is 5.22. The van der Waals surface area contributed by atoms with Gasteiger partial charge in [0.2, 0.25) is 0 Å². The van der Waals surface area contributed by atoms with E-state index in [-0.39, 0.29) is 12.1 Å². The van der Waals surface area contributed by atoms with Crippen LogP contribution >= 0.6 is 15.9 Å². The Morgan fingerprint density at radius 1 is 1.57 bits per heavy atom. The average molecular weight is 357 g/mol. The molecule has 1 aliphatic rings. The summed E-state index contributed by atoms with van der Waals surface area (Å²) in [5.41, 5.74) is 0.307. The van der Waals surface area contributed by atoms with Crippen molar-refractivity contribution in [1.29, 1.82) is 0 Å². The lowest BCUT2D eigenvalue weighted by atomic mass is 10.2. The zero-order valence-corrected chi connectivity index (χ0v) is 14.2. The summed E-state index contributed by atoms with van der Waals surface area (Å²) in [6.07, 6.45) is 2.23. The summed E-state index contributed by atoms with van der Waals surface area (Å²) < 4.78 is 11.9. The van der Waals surface area contributed by atoms with Gasteiger partial charge in [-0.3, -0.25) is 9.88 Å². The molecular formula is C15H21BrN2O3. The highest BCUT2D eigenvalue weighted by atomic mass is 79.9. The van der Waals surface area contributed by atoms with Crippen molar-refractivity contribution in [1.82, 2.24) is 9.88 Å². The molecule has 1 amide bonds. The molecule has 6 heteroatoms. The fraction of sp³-hybridized carbons (Fsp3) is 0.600. The first kappa shape index (κ1) is 16.2. The van der Waals surface area contributed by atoms with Crippen LogP contribution in [0.25, 0.3) is 0 Å². The van der Waals surface area contributed by atoms with Crippen LogP contribution in [0, 0.1) is 0 Å². The van der Waals surface area contributed by atoms with Gasteiger partial charge in [0.1, 0.15) is 5.60 Å². The predicted molar refractivity (Wildman–Crippen MR) is 82.9 cm³/mol. The normalized spacial score (nSPS) is 18.6. The maximum Gasteiger partial charge on any atom is 0.410 e. The number of pyridine rings is 1. The Morgan fingerprint density at radius 3 is 2.90 bits per heavy atom. The third-order valence-electron chi connectivity index (χ3n) is 3.09. The Bertz CT molecular complexity index is 496. The summed E-state index contributed by atoms with van der Waals surface area (Å²) in [6, 6.07) is 3.81. The Labute approximate surface area is 133 Å². The molecule has 1 saturated heterocycles. The van der Waals surface area contributed by atoms with Crippen LogP contribution in [0.1, 0.15) is 32.9 Å². The summed E-state index contributed by atoms with van der Waals surface area (Å²) in [4.78, 5) is 18.5. The Balaban J connectivity index is 2.13. The second-order valence-electron chi connectivity index (χ2n) is 6.09. The van der Waals surface area contributed by atoms with E-state index in [0.717, 1.165) is 16.6 Å². The highest BCUT2D eigenvalue weighted by Crippen LogP contribution is 2.20. The van der Waals surface area contributed by atoms with Crippen LogP contribution < -0.4 is 0 Å². The molecule has 1 aliphatic heterocycles. The SMILES string of the molecule is CC(C)(C)OC(=O)N(Cc1cc(Br)ccn1)[C@H]1CCOC1. The monoisotopic (exact) mass is 356 g/mol. The summed E-state index contributed by atoms with van der Waals surface area (Å²) in [6.45, 7) is 7.24. The lowest BCUT2D eigenvalue weighted by Crippen LogP contribution is -2.43. The molecule has 0 N–H and O–H groups in total. The molecule has 0 aliphatic carbocycles. The number of amides is 1. The van der Waals surface area contributed by atoms with Crippen molar-refractivity contribution in [2.24, 2.45) is 0 Å². The molecule has 0 spiro atoms. The lowest BCUT2D eigenvalue weighted by molar-refractivity contribution is 0.0123. The summed E-state index contributed by atoms with van der Waals surface area (Å²) in [5.74, 6) is 0. The summed E-state index contributed by atoms with van der Waals surface area (Å²) in [7, 11) is 0. The van der Waals surface area contributed by atoms with Crippen LogP contribution in [0.3, 0.4) is 0 Å². The second kappa shape index (κ2) is 6.75. The molecule has 116 valence electrons. The van der Waals surface area contributed by atoms with Crippen LogP contribution in [0.5, 0.6) is 0 Å². The van der Waals surface area contributed by atoms with Crippen molar-refractivity contribution < 1.29 is 14.3 Å². The first-order valence-electron chi connectivity index (χ1n) is 7.03. The largest absolute Gasteiger partial charge is 0.444 e. The molecule has 0 saturated carbocycles. The van der Waals surface area contributed by atoms with Crippen molar-refractivity contribution in [3.05, 3.63) is 28.5 Å². The Morgan fingerprint density at radius 2 is 2.33 bits per heavy atom. The summed E-state index contributed by atoms with van der Waals surface area (Å²) >= 11 is 3.42. The molecular weight excluding hydrogens is 336 g/mol. The number of hydrogen-bond donors (Lipinski definition) is 0. The third-order valence-corrected chi connectivity index (χ3v) is 3.58. The zero-order valence-electron chi connectivity index (χ0n) is 12.6. The van der Waals surface area contributed by atoms with E-state index < -0.39 is 5.60 Å². The van der Waals surface area contributed by atoms with Crippen LogP contribution in [0.2, 0.25) is 0 Å². The zero-order chi connectivity index (χ0) is 15.5. The number of carbonyl (C=O) groups excluding carboxylic acids is 1. The maximum absolute atomic E-state index is 12.4. The molecule has 1 aromatic rings. The van der Waals surface area contributed by atoms with Gasteiger partial charge in [-0.25, -0.2) is 4.79 Å². The number of hydrogen-bond acceptors (Lipinski definition) is 4. The van der Waals surface area contributed by atoms with Gasteiger partial charge in [0.25, 0.3) is 0 Å². The highest BCUT2D eigenvalue weighted by Gasteiger charge is 2.31. The van der Waals surface area contributed by atoms with E-state index in [2.05, 4.69) is 20.9 Å². The van der Waals surface area contributed by atoms with Crippen molar-refractivity contribution >= 4 is 22.0 Å². The van der Waals surface area contributed by atoms with Gasteiger partial charge in [0.15, 0.2) is 0 Å². The van der Waals surface area contributed by atoms with E-state index in [4.69, 9.17) is 9.47 Å². The van der Waals surface area contributed by atoms with Gasteiger partial charge in [0.05, 0.1) is 24.9 Å². The van der Waals surface area contributed by atoms with Gasteiger partial charge >= 0.3 is 6.09 Å². The van der Waals surface area contributed by atoms with Gasteiger partial charge in [-0.1, -0.05) is 15.9 Å². The molecule has 1 aromatic heterocycles. The first-order chi connectivity index (χ1) is 9.85. The molecule has 5 nitrogen and oxygen atoms in total. The number of nitrogens with zero attached hydrogens (tertiary/aromatic N) is 2. The van der Waals surface area contributed by atoms with Crippen LogP contribution in [-0.2, 0) is 16.0 Å². The van der Waals surface area contributed by atoms with Gasteiger partial charge in [-0.15, -0.1) is 0 Å². The fourth-order valence-corrected chi connectivity index (χ4v) is 2.52. The van der Waals surface area contributed by atoms with Crippen molar-refractivity contribution in [3.8, 4) is 0 Å². The molecule has 2 heterocycles. The number of halogens is 1. The molecule has 2 rings (SSSR count). The molecule has 21 heavy (non-hydrogen) atoms. The minimum atomic E-state index is -0.514. The van der Waals surface area contributed by atoms with E-state index >= 15 is 0 Å². The Hall–Kier alpha value is -1.14. The standard InChI is InChI=1S/C15H21BrN2O3/c1-15(2,3)21-14(19)18(13-5-7-20-10-13)9-12-8-11(16)4-6-17-12/h4,6,8,13H,5,7,9-10H2,1-3H3/t13-/m0/s1. The van der Waals surface area contributed by atoms with E-state index in [1.165, 1.54) is 0 Å². The minimum Gasteiger partial charge on any atom is -0.444 e. The van der Waals surface area contributed by atoms with Gasteiger partial charge in [-0.2, -0.15) is 0 Å². The molecule has 1 atom stereocenters. The van der Waals surface area contributed by atoms with Crippen molar-refractivity contribution in [3.63, 3.8) is 0 Å². The number of rotatable bonds is 3. The van der Waals surface area contributed by atoms with Gasteiger partial charge in [0, 0.05) is 17.3 Å². The third kappa shape index (κ3) is 4.97. The van der Waals surface area contributed by atoms with Gasteiger partial charge < -0.3 is 9.47 Å².